The fraction of sp³-hybridized carbons (Fsp3) is 0.706. The molecule has 0 unspecified atom stereocenters. The van der Waals surface area contributed by atoms with Gasteiger partial charge in [0.05, 0.1) is 5.54 Å². The minimum Gasteiger partial charge on any atom is -0.354 e. The lowest BCUT2D eigenvalue weighted by molar-refractivity contribution is -0.126. The summed E-state index contributed by atoms with van der Waals surface area (Å²) in [5.74, 6) is 0.847. The predicted octanol–water partition coefficient (Wildman–Crippen LogP) is 0.376. The molecule has 7 heteroatoms. The molecule has 1 aliphatic carbocycles. The van der Waals surface area contributed by atoms with Gasteiger partial charge in [0.2, 0.25) is 11.9 Å². The molecule has 24 heavy (non-hydrogen) atoms. The van der Waals surface area contributed by atoms with Gasteiger partial charge in [0, 0.05) is 45.1 Å². The van der Waals surface area contributed by atoms with E-state index >= 15 is 0 Å². The first-order valence-electron chi connectivity index (χ1n) is 8.99. The third kappa shape index (κ3) is 4.21. The van der Waals surface area contributed by atoms with Crippen LogP contribution in [0.3, 0.4) is 0 Å². The highest BCUT2D eigenvalue weighted by atomic mass is 16.2. The summed E-state index contributed by atoms with van der Waals surface area (Å²) in [6.07, 6.45) is 8.31. The van der Waals surface area contributed by atoms with Gasteiger partial charge in [0.15, 0.2) is 0 Å². The third-order valence-electron chi connectivity index (χ3n) is 5.09. The molecule has 1 saturated heterocycles. The first kappa shape index (κ1) is 17.1. The van der Waals surface area contributed by atoms with Crippen molar-refractivity contribution in [3.05, 3.63) is 18.5 Å². The zero-order valence-electron chi connectivity index (χ0n) is 14.3. The molecule has 1 aromatic rings. The van der Waals surface area contributed by atoms with Gasteiger partial charge in [-0.15, -0.1) is 0 Å². The molecule has 7 nitrogen and oxygen atoms in total. The van der Waals surface area contributed by atoms with Crippen LogP contribution in [0.1, 0.15) is 32.1 Å². The van der Waals surface area contributed by atoms with Crippen molar-refractivity contribution in [2.24, 2.45) is 5.73 Å². The second kappa shape index (κ2) is 7.90. The Hall–Kier alpha value is -1.73. The highest BCUT2D eigenvalue weighted by Crippen LogP contribution is 2.27. The van der Waals surface area contributed by atoms with Crippen LogP contribution in [-0.2, 0) is 4.79 Å². The van der Waals surface area contributed by atoms with E-state index in [4.69, 9.17) is 5.73 Å². The Labute approximate surface area is 143 Å². The number of carbonyl (C=O) groups is 1. The van der Waals surface area contributed by atoms with Crippen molar-refractivity contribution in [3.63, 3.8) is 0 Å². The Morgan fingerprint density at radius 1 is 1.17 bits per heavy atom. The number of nitrogens with two attached hydrogens (primary N) is 1. The molecule has 0 bridgehead atoms. The minimum atomic E-state index is -0.610. The van der Waals surface area contributed by atoms with Gasteiger partial charge >= 0.3 is 0 Å². The van der Waals surface area contributed by atoms with E-state index in [1.54, 1.807) is 12.4 Å². The van der Waals surface area contributed by atoms with Gasteiger partial charge < -0.3 is 16.0 Å². The van der Waals surface area contributed by atoms with E-state index in [-0.39, 0.29) is 5.91 Å². The summed E-state index contributed by atoms with van der Waals surface area (Å²) < 4.78 is 0. The Bertz CT molecular complexity index is 523. The lowest BCUT2D eigenvalue weighted by atomic mass is 9.98. The molecule has 2 aliphatic rings. The van der Waals surface area contributed by atoms with Crippen LogP contribution in [0.25, 0.3) is 0 Å². The normalized spacial score (nSPS) is 21.0. The van der Waals surface area contributed by atoms with Crippen molar-refractivity contribution in [2.45, 2.75) is 37.6 Å². The number of rotatable bonds is 6. The molecule has 1 amide bonds. The van der Waals surface area contributed by atoms with E-state index in [1.165, 1.54) is 0 Å². The highest BCUT2D eigenvalue weighted by molar-refractivity contribution is 5.86. The zero-order chi connectivity index (χ0) is 16.8. The van der Waals surface area contributed by atoms with Gasteiger partial charge in [0.1, 0.15) is 0 Å². The molecule has 0 radical (unpaired) electrons. The first-order chi connectivity index (χ1) is 11.7. The third-order valence-corrected chi connectivity index (χ3v) is 5.09. The van der Waals surface area contributed by atoms with Crippen molar-refractivity contribution in [2.75, 3.05) is 44.2 Å². The molecular weight excluding hydrogens is 304 g/mol. The quantitative estimate of drug-likeness (QED) is 0.732. The van der Waals surface area contributed by atoms with Crippen LogP contribution in [0, 0.1) is 0 Å². The van der Waals surface area contributed by atoms with Gasteiger partial charge in [-0.1, -0.05) is 12.8 Å². The molecular formula is C17H28N6O. The van der Waals surface area contributed by atoms with Crippen LogP contribution in [0.2, 0.25) is 0 Å². The zero-order valence-corrected chi connectivity index (χ0v) is 14.3. The average molecular weight is 332 g/mol. The fourth-order valence-electron chi connectivity index (χ4n) is 3.54. The second-order valence-electron chi connectivity index (χ2n) is 6.85. The SMILES string of the molecule is NC1(C(=O)NCCCN2CCN(c3ncccn3)CC2)CCCC1. The van der Waals surface area contributed by atoms with E-state index in [9.17, 15) is 4.79 Å². The van der Waals surface area contributed by atoms with E-state index in [2.05, 4.69) is 25.1 Å². The summed E-state index contributed by atoms with van der Waals surface area (Å²) in [5, 5.41) is 3.02. The van der Waals surface area contributed by atoms with Crippen LogP contribution in [0.4, 0.5) is 5.95 Å². The second-order valence-corrected chi connectivity index (χ2v) is 6.85. The maximum absolute atomic E-state index is 12.1. The standard InChI is InChI=1S/C17H28N6O/c18-17(5-1-2-6-17)15(24)19-9-4-10-22-11-13-23(14-12-22)16-20-7-3-8-21-16/h3,7-8H,1-2,4-6,9-14,18H2,(H,19,24). The summed E-state index contributed by atoms with van der Waals surface area (Å²) >= 11 is 0. The van der Waals surface area contributed by atoms with Crippen molar-refractivity contribution in [1.29, 1.82) is 0 Å². The van der Waals surface area contributed by atoms with Crippen LogP contribution >= 0.6 is 0 Å². The Kier molecular flexibility index (Phi) is 5.63. The molecule has 1 aliphatic heterocycles. The lowest BCUT2D eigenvalue weighted by Crippen LogP contribution is -2.52. The fourth-order valence-corrected chi connectivity index (χ4v) is 3.54. The van der Waals surface area contributed by atoms with Crippen LogP contribution in [0.5, 0.6) is 0 Å². The molecule has 1 saturated carbocycles. The van der Waals surface area contributed by atoms with Crippen molar-refractivity contribution in [1.82, 2.24) is 20.2 Å². The molecule has 0 atom stereocenters. The molecule has 2 fully saturated rings. The number of aromatic nitrogens is 2. The maximum Gasteiger partial charge on any atom is 0.240 e. The number of hydrogen-bond acceptors (Lipinski definition) is 6. The molecule has 0 aromatic carbocycles. The Balaban J connectivity index is 1.32. The summed E-state index contributed by atoms with van der Waals surface area (Å²) in [5.41, 5.74) is 5.55. The number of hydrogen-bond donors (Lipinski definition) is 2. The molecule has 132 valence electrons. The summed E-state index contributed by atoms with van der Waals surface area (Å²) in [6.45, 7) is 5.62. The predicted molar refractivity (Wildman–Crippen MR) is 93.7 cm³/mol. The van der Waals surface area contributed by atoms with E-state index in [0.29, 0.717) is 6.54 Å². The summed E-state index contributed by atoms with van der Waals surface area (Å²) in [6, 6.07) is 1.84. The number of piperazine rings is 1. The van der Waals surface area contributed by atoms with Crippen molar-refractivity contribution < 1.29 is 4.79 Å². The number of nitrogens with one attached hydrogen (secondary N) is 1. The van der Waals surface area contributed by atoms with E-state index < -0.39 is 5.54 Å². The van der Waals surface area contributed by atoms with Crippen molar-refractivity contribution >= 4 is 11.9 Å². The topological polar surface area (TPSA) is 87.4 Å². The van der Waals surface area contributed by atoms with E-state index in [0.717, 1.165) is 70.8 Å². The smallest absolute Gasteiger partial charge is 0.240 e. The summed E-state index contributed by atoms with van der Waals surface area (Å²) in [4.78, 5) is 25.4. The highest BCUT2D eigenvalue weighted by Gasteiger charge is 2.36. The van der Waals surface area contributed by atoms with Gasteiger partial charge in [-0.2, -0.15) is 0 Å². The molecule has 1 aromatic heterocycles. The van der Waals surface area contributed by atoms with Gasteiger partial charge in [-0.05, 0) is 31.9 Å². The lowest BCUT2D eigenvalue weighted by Gasteiger charge is -2.34. The Morgan fingerprint density at radius 2 is 1.83 bits per heavy atom. The molecule has 3 rings (SSSR count). The maximum atomic E-state index is 12.1. The van der Waals surface area contributed by atoms with Gasteiger partial charge in [-0.25, -0.2) is 9.97 Å². The van der Waals surface area contributed by atoms with Crippen LogP contribution in [-0.4, -0.2) is 65.6 Å². The Morgan fingerprint density at radius 3 is 2.50 bits per heavy atom. The minimum absolute atomic E-state index is 0.0334. The number of carbonyl (C=O) groups excluding carboxylic acids is 1. The monoisotopic (exact) mass is 332 g/mol. The first-order valence-corrected chi connectivity index (χ1v) is 8.99. The molecule has 2 heterocycles. The van der Waals surface area contributed by atoms with Gasteiger partial charge in [-0.3, -0.25) is 9.69 Å². The van der Waals surface area contributed by atoms with Crippen LogP contribution in [0.15, 0.2) is 18.5 Å². The van der Waals surface area contributed by atoms with Crippen molar-refractivity contribution in [3.8, 4) is 0 Å². The van der Waals surface area contributed by atoms with Gasteiger partial charge in [0.25, 0.3) is 0 Å². The van der Waals surface area contributed by atoms with E-state index in [1.807, 2.05) is 6.07 Å². The number of anilines is 1. The largest absolute Gasteiger partial charge is 0.354 e. The summed E-state index contributed by atoms with van der Waals surface area (Å²) in [7, 11) is 0. The van der Waals surface area contributed by atoms with Crippen LogP contribution < -0.4 is 16.0 Å². The molecule has 0 spiro atoms. The number of nitrogens with zero attached hydrogens (tertiary/aromatic N) is 4. The average Bonchev–Trinajstić information content (AvgIpc) is 3.08. The number of amides is 1. The molecule has 3 N–H and O–H groups in total.